The molecule has 2 rings (SSSR count). The fourth-order valence-corrected chi connectivity index (χ4v) is 2.12. The SMILES string of the molecule is CC1(C)CC(=O)Cc2[nH]nc(N)c21. The molecule has 0 amide bonds. The number of carbonyl (C=O) groups excluding carboxylic acids is 1. The van der Waals surface area contributed by atoms with Gasteiger partial charge in [0.2, 0.25) is 0 Å². The molecule has 4 nitrogen and oxygen atoms in total. The summed E-state index contributed by atoms with van der Waals surface area (Å²) >= 11 is 0. The number of hydrogen-bond acceptors (Lipinski definition) is 3. The molecule has 4 heteroatoms. The Morgan fingerprint density at radius 3 is 2.92 bits per heavy atom. The Morgan fingerprint density at radius 2 is 2.23 bits per heavy atom. The Bertz CT molecular complexity index is 365. The van der Waals surface area contributed by atoms with Crippen LogP contribution in [0.3, 0.4) is 0 Å². The molecule has 0 bridgehead atoms. The van der Waals surface area contributed by atoms with E-state index in [-0.39, 0.29) is 11.2 Å². The van der Waals surface area contributed by atoms with Gasteiger partial charge in [-0.25, -0.2) is 0 Å². The number of rotatable bonds is 0. The first-order chi connectivity index (χ1) is 6.00. The van der Waals surface area contributed by atoms with Crippen LogP contribution >= 0.6 is 0 Å². The van der Waals surface area contributed by atoms with Gasteiger partial charge in [0.1, 0.15) is 11.6 Å². The van der Waals surface area contributed by atoms with E-state index >= 15 is 0 Å². The average molecular weight is 179 g/mol. The first-order valence-corrected chi connectivity index (χ1v) is 4.35. The third-order valence-corrected chi connectivity index (χ3v) is 2.56. The number of anilines is 1. The summed E-state index contributed by atoms with van der Waals surface area (Å²) < 4.78 is 0. The molecular weight excluding hydrogens is 166 g/mol. The van der Waals surface area contributed by atoms with E-state index in [1.807, 2.05) is 13.8 Å². The molecule has 13 heavy (non-hydrogen) atoms. The van der Waals surface area contributed by atoms with Crippen LogP contribution in [-0.2, 0) is 16.6 Å². The lowest BCUT2D eigenvalue weighted by Crippen LogP contribution is -2.29. The predicted molar refractivity (Wildman–Crippen MR) is 49.4 cm³/mol. The number of nitrogens with zero attached hydrogens (tertiary/aromatic N) is 1. The molecule has 0 aromatic carbocycles. The van der Waals surface area contributed by atoms with Gasteiger partial charge in [-0.15, -0.1) is 0 Å². The van der Waals surface area contributed by atoms with Crippen molar-refractivity contribution >= 4 is 11.6 Å². The van der Waals surface area contributed by atoms with E-state index < -0.39 is 0 Å². The van der Waals surface area contributed by atoms with Gasteiger partial charge in [0.05, 0.1) is 0 Å². The Balaban J connectivity index is 2.59. The highest BCUT2D eigenvalue weighted by atomic mass is 16.1. The van der Waals surface area contributed by atoms with Crippen molar-refractivity contribution in [2.24, 2.45) is 0 Å². The van der Waals surface area contributed by atoms with E-state index in [2.05, 4.69) is 10.2 Å². The first kappa shape index (κ1) is 8.29. The van der Waals surface area contributed by atoms with Crippen LogP contribution in [-0.4, -0.2) is 16.0 Å². The highest BCUT2D eigenvalue weighted by Gasteiger charge is 2.35. The monoisotopic (exact) mass is 179 g/mol. The molecule has 0 saturated carbocycles. The first-order valence-electron chi connectivity index (χ1n) is 4.35. The zero-order valence-electron chi connectivity index (χ0n) is 7.85. The van der Waals surface area contributed by atoms with Gasteiger partial charge in [0.15, 0.2) is 0 Å². The lowest BCUT2D eigenvalue weighted by Gasteiger charge is -2.28. The number of nitrogens with two attached hydrogens (primary N) is 1. The van der Waals surface area contributed by atoms with Crippen LogP contribution in [0.5, 0.6) is 0 Å². The van der Waals surface area contributed by atoms with Crippen molar-refractivity contribution in [3.63, 3.8) is 0 Å². The maximum atomic E-state index is 11.4. The van der Waals surface area contributed by atoms with Crippen molar-refractivity contribution in [2.75, 3.05) is 5.73 Å². The average Bonchev–Trinajstić information content (AvgIpc) is 2.29. The minimum atomic E-state index is -0.165. The summed E-state index contributed by atoms with van der Waals surface area (Å²) in [6.45, 7) is 4.05. The topological polar surface area (TPSA) is 71.8 Å². The Morgan fingerprint density at radius 1 is 1.54 bits per heavy atom. The van der Waals surface area contributed by atoms with Gasteiger partial charge >= 0.3 is 0 Å². The lowest BCUT2D eigenvalue weighted by atomic mass is 9.74. The molecule has 0 saturated heterocycles. The second kappa shape index (κ2) is 2.34. The molecule has 1 aromatic rings. The second-order valence-electron chi connectivity index (χ2n) is 4.24. The number of nitrogens with one attached hydrogen (secondary N) is 1. The van der Waals surface area contributed by atoms with Gasteiger partial charge < -0.3 is 5.73 Å². The smallest absolute Gasteiger partial charge is 0.149 e. The van der Waals surface area contributed by atoms with Crippen LogP contribution in [0.4, 0.5) is 5.82 Å². The van der Waals surface area contributed by atoms with Gasteiger partial charge in [-0.1, -0.05) is 13.8 Å². The minimum absolute atomic E-state index is 0.165. The minimum Gasteiger partial charge on any atom is -0.382 e. The maximum Gasteiger partial charge on any atom is 0.149 e. The summed E-state index contributed by atoms with van der Waals surface area (Å²) in [6, 6.07) is 0. The molecular formula is C9H13N3O. The van der Waals surface area contributed by atoms with Crippen molar-refractivity contribution in [2.45, 2.75) is 32.1 Å². The number of fused-ring (bicyclic) bond motifs is 1. The van der Waals surface area contributed by atoms with E-state index in [1.54, 1.807) is 0 Å². The normalized spacial score (nSPS) is 20.0. The third-order valence-electron chi connectivity index (χ3n) is 2.56. The fourth-order valence-electron chi connectivity index (χ4n) is 2.12. The third kappa shape index (κ3) is 1.13. The van der Waals surface area contributed by atoms with Crippen molar-refractivity contribution in [3.05, 3.63) is 11.3 Å². The second-order valence-corrected chi connectivity index (χ2v) is 4.24. The maximum absolute atomic E-state index is 11.4. The molecule has 1 aliphatic carbocycles. The highest BCUT2D eigenvalue weighted by Crippen LogP contribution is 2.37. The summed E-state index contributed by atoms with van der Waals surface area (Å²) in [5, 5.41) is 6.74. The Kier molecular flexibility index (Phi) is 1.49. The number of aromatic amines is 1. The number of nitrogen functional groups attached to an aromatic ring is 1. The van der Waals surface area contributed by atoms with Crippen molar-refractivity contribution < 1.29 is 4.79 Å². The van der Waals surface area contributed by atoms with Crippen LogP contribution < -0.4 is 5.73 Å². The molecule has 0 fully saturated rings. The number of ketones is 1. The van der Waals surface area contributed by atoms with E-state index in [0.29, 0.717) is 18.7 Å². The van der Waals surface area contributed by atoms with Crippen molar-refractivity contribution in [1.29, 1.82) is 0 Å². The van der Waals surface area contributed by atoms with Gasteiger partial charge in [0, 0.05) is 29.5 Å². The number of aromatic nitrogens is 2. The lowest BCUT2D eigenvalue weighted by molar-refractivity contribution is -0.120. The molecule has 70 valence electrons. The number of carbonyl (C=O) groups is 1. The largest absolute Gasteiger partial charge is 0.382 e. The molecule has 0 aliphatic heterocycles. The van der Waals surface area contributed by atoms with E-state index in [0.717, 1.165) is 11.3 Å². The van der Waals surface area contributed by atoms with Crippen LogP contribution in [0.15, 0.2) is 0 Å². The molecule has 0 unspecified atom stereocenters. The Hall–Kier alpha value is -1.32. The van der Waals surface area contributed by atoms with Crippen LogP contribution in [0.2, 0.25) is 0 Å². The van der Waals surface area contributed by atoms with Crippen LogP contribution in [0, 0.1) is 0 Å². The highest BCUT2D eigenvalue weighted by molar-refractivity contribution is 5.85. The quantitative estimate of drug-likeness (QED) is 0.618. The summed E-state index contributed by atoms with van der Waals surface area (Å²) in [5.74, 6) is 0.786. The summed E-state index contributed by atoms with van der Waals surface area (Å²) in [4.78, 5) is 11.4. The molecule has 0 atom stereocenters. The summed E-state index contributed by atoms with van der Waals surface area (Å²) in [6.07, 6.45) is 1.01. The zero-order valence-corrected chi connectivity index (χ0v) is 7.85. The van der Waals surface area contributed by atoms with Crippen LogP contribution in [0.1, 0.15) is 31.5 Å². The zero-order chi connectivity index (χ0) is 9.64. The van der Waals surface area contributed by atoms with Crippen molar-refractivity contribution in [3.8, 4) is 0 Å². The molecule has 1 aromatic heterocycles. The predicted octanol–water partition coefficient (Wildman–Crippen LogP) is 0.785. The molecule has 0 spiro atoms. The fraction of sp³-hybridized carbons (Fsp3) is 0.556. The van der Waals surface area contributed by atoms with Gasteiger partial charge in [-0.05, 0) is 0 Å². The van der Waals surface area contributed by atoms with Gasteiger partial charge in [-0.3, -0.25) is 9.89 Å². The molecule has 0 radical (unpaired) electrons. The number of hydrogen-bond donors (Lipinski definition) is 2. The van der Waals surface area contributed by atoms with Crippen molar-refractivity contribution in [1.82, 2.24) is 10.2 Å². The number of H-pyrrole nitrogens is 1. The molecule has 1 aliphatic rings. The van der Waals surface area contributed by atoms with Crippen LogP contribution in [0.25, 0.3) is 0 Å². The van der Waals surface area contributed by atoms with E-state index in [4.69, 9.17) is 5.73 Å². The standard InChI is InChI=1S/C9H13N3O/c1-9(2)4-5(13)3-6-7(9)8(10)12-11-6/h3-4H2,1-2H3,(H3,10,11,12). The van der Waals surface area contributed by atoms with E-state index in [9.17, 15) is 4.79 Å². The molecule has 1 heterocycles. The summed E-state index contributed by atoms with van der Waals surface area (Å²) in [5.41, 5.74) is 7.47. The van der Waals surface area contributed by atoms with Gasteiger partial charge in [0.25, 0.3) is 0 Å². The Labute approximate surface area is 76.5 Å². The molecule has 3 N–H and O–H groups in total. The number of Topliss-reactive ketones (excluding diaryl/α,β-unsaturated/α-hetero) is 1. The van der Waals surface area contributed by atoms with Gasteiger partial charge in [-0.2, -0.15) is 5.10 Å². The summed E-state index contributed by atoms with van der Waals surface area (Å²) in [7, 11) is 0. The van der Waals surface area contributed by atoms with E-state index in [1.165, 1.54) is 0 Å².